The molecule has 0 aromatic heterocycles. The quantitative estimate of drug-likeness (QED) is 0.563. The highest BCUT2D eigenvalue weighted by Gasteiger charge is 2.21. The summed E-state index contributed by atoms with van der Waals surface area (Å²) in [5, 5.41) is 20.2. The van der Waals surface area contributed by atoms with E-state index in [9.17, 15) is 10.1 Å². The lowest BCUT2D eigenvalue weighted by atomic mass is 9.90. The van der Waals surface area contributed by atoms with Crippen LogP contribution in [0.5, 0.6) is 0 Å². The Morgan fingerprint density at radius 3 is 2.67 bits per heavy atom. The van der Waals surface area contributed by atoms with Gasteiger partial charge in [-0.3, -0.25) is 10.1 Å². The van der Waals surface area contributed by atoms with Crippen molar-refractivity contribution in [2.24, 2.45) is 0 Å². The first-order valence-corrected chi connectivity index (χ1v) is 6.31. The number of rotatable bonds is 6. The average Bonchev–Trinajstić information content (AvgIpc) is 2.38. The monoisotopic (exact) mass is 246 g/mol. The molecule has 0 saturated carbocycles. The van der Waals surface area contributed by atoms with Gasteiger partial charge in [-0.25, -0.2) is 0 Å². The van der Waals surface area contributed by atoms with Crippen LogP contribution in [0.25, 0.3) is 0 Å². The molecule has 0 aliphatic heterocycles. The standard InChI is InChI=1S/C14H18N2O2/c1-3-5-7-13-12(11(4-2)10-15)8-6-9-14(13)16(17)18/h6,8-9,11H,3-5,7H2,1-2H3. The van der Waals surface area contributed by atoms with Gasteiger partial charge in [0.1, 0.15) is 0 Å². The fourth-order valence-corrected chi connectivity index (χ4v) is 2.10. The van der Waals surface area contributed by atoms with Gasteiger partial charge in [0.05, 0.1) is 16.9 Å². The fraction of sp³-hybridized carbons (Fsp3) is 0.500. The predicted octanol–water partition coefficient (Wildman–Crippen LogP) is 3.95. The molecule has 0 saturated heterocycles. The molecule has 1 atom stereocenters. The molecule has 0 radical (unpaired) electrons. The van der Waals surface area contributed by atoms with Crippen LogP contribution in [0.4, 0.5) is 5.69 Å². The van der Waals surface area contributed by atoms with Crippen molar-refractivity contribution in [2.45, 2.75) is 45.4 Å². The number of benzene rings is 1. The molecule has 4 nitrogen and oxygen atoms in total. The Labute approximate surface area is 107 Å². The highest BCUT2D eigenvalue weighted by atomic mass is 16.6. The number of nitrogens with zero attached hydrogens (tertiary/aromatic N) is 2. The SMILES string of the molecule is CCCCc1c(C(C#N)CC)cccc1[N+](=O)[O-]. The van der Waals surface area contributed by atoms with E-state index in [1.807, 2.05) is 13.0 Å². The molecule has 0 aliphatic rings. The van der Waals surface area contributed by atoms with Gasteiger partial charge in [0.15, 0.2) is 0 Å². The molecule has 0 fully saturated rings. The third-order valence-electron chi connectivity index (χ3n) is 3.10. The second kappa shape index (κ2) is 6.75. The predicted molar refractivity (Wildman–Crippen MR) is 70.4 cm³/mol. The fourth-order valence-electron chi connectivity index (χ4n) is 2.10. The maximum absolute atomic E-state index is 11.1. The third-order valence-corrected chi connectivity index (χ3v) is 3.10. The largest absolute Gasteiger partial charge is 0.272 e. The van der Waals surface area contributed by atoms with Crippen LogP contribution in [-0.4, -0.2) is 4.92 Å². The average molecular weight is 246 g/mol. The van der Waals surface area contributed by atoms with E-state index >= 15 is 0 Å². The van der Waals surface area contributed by atoms with Crippen molar-refractivity contribution < 1.29 is 4.92 Å². The number of hydrogen-bond acceptors (Lipinski definition) is 3. The van der Waals surface area contributed by atoms with Gasteiger partial charge in [-0.05, 0) is 24.8 Å². The summed E-state index contributed by atoms with van der Waals surface area (Å²) in [4.78, 5) is 10.7. The van der Waals surface area contributed by atoms with Gasteiger partial charge in [0.2, 0.25) is 0 Å². The summed E-state index contributed by atoms with van der Waals surface area (Å²) < 4.78 is 0. The lowest BCUT2D eigenvalue weighted by molar-refractivity contribution is -0.385. The van der Waals surface area contributed by atoms with Crippen LogP contribution >= 0.6 is 0 Å². The smallest absolute Gasteiger partial charge is 0.258 e. The van der Waals surface area contributed by atoms with Crippen LogP contribution in [-0.2, 0) is 6.42 Å². The molecule has 4 heteroatoms. The van der Waals surface area contributed by atoms with Gasteiger partial charge in [-0.2, -0.15) is 5.26 Å². The summed E-state index contributed by atoms with van der Waals surface area (Å²) in [5.41, 5.74) is 1.70. The topological polar surface area (TPSA) is 66.9 Å². The molecule has 96 valence electrons. The molecule has 0 N–H and O–H groups in total. The zero-order valence-corrected chi connectivity index (χ0v) is 10.8. The molecule has 0 heterocycles. The molecule has 1 rings (SSSR count). The van der Waals surface area contributed by atoms with Gasteiger partial charge in [-0.15, -0.1) is 0 Å². The molecular weight excluding hydrogens is 228 g/mol. The van der Waals surface area contributed by atoms with E-state index in [1.165, 1.54) is 6.07 Å². The summed E-state index contributed by atoms with van der Waals surface area (Å²) in [6.07, 6.45) is 3.23. The molecule has 0 aliphatic carbocycles. The first-order valence-electron chi connectivity index (χ1n) is 6.31. The number of nitro benzene ring substituents is 1. The van der Waals surface area contributed by atoms with Crippen molar-refractivity contribution in [1.29, 1.82) is 5.26 Å². The first-order chi connectivity index (χ1) is 8.65. The third kappa shape index (κ3) is 3.07. The zero-order chi connectivity index (χ0) is 13.5. The number of unbranched alkanes of at least 4 members (excludes halogenated alkanes) is 1. The van der Waals surface area contributed by atoms with E-state index in [1.54, 1.807) is 6.07 Å². The van der Waals surface area contributed by atoms with E-state index in [2.05, 4.69) is 13.0 Å². The zero-order valence-electron chi connectivity index (χ0n) is 10.8. The molecule has 0 bridgehead atoms. The summed E-state index contributed by atoms with van der Waals surface area (Å²) in [7, 11) is 0. The highest BCUT2D eigenvalue weighted by molar-refractivity contribution is 5.48. The first kappa shape index (κ1) is 14.2. The summed E-state index contributed by atoms with van der Waals surface area (Å²) in [6.45, 7) is 3.98. The molecule has 1 unspecified atom stereocenters. The lowest BCUT2D eigenvalue weighted by Crippen LogP contribution is -2.04. The van der Waals surface area contributed by atoms with Crippen molar-refractivity contribution in [3.8, 4) is 6.07 Å². The number of nitro groups is 1. The highest BCUT2D eigenvalue weighted by Crippen LogP contribution is 2.30. The van der Waals surface area contributed by atoms with Crippen LogP contribution in [0.2, 0.25) is 0 Å². The molecule has 0 spiro atoms. The summed E-state index contributed by atoms with van der Waals surface area (Å²) in [5.74, 6) is -0.253. The Morgan fingerprint density at radius 1 is 1.44 bits per heavy atom. The van der Waals surface area contributed by atoms with Crippen molar-refractivity contribution in [1.82, 2.24) is 0 Å². The minimum absolute atomic E-state index is 0.148. The molecule has 1 aromatic carbocycles. The maximum atomic E-state index is 11.1. The summed E-state index contributed by atoms with van der Waals surface area (Å²) in [6, 6.07) is 7.27. The van der Waals surface area contributed by atoms with Crippen molar-refractivity contribution >= 4 is 5.69 Å². The van der Waals surface area contributed by atoms with Crippen LogP contribution < -0.4 is 0 Å². The van der Waals surface area contributed by atoms with Gasteiger partial charge in [-0.1, -0.05) is 32.4 Å². The maximum Gasteiger partial charge on any atom is 0.272 e. The van der Waals surface area contributed by atoms with Crippen LogP contribution in [0, 0.1) is 21.4 Å². The number of nitriles is 1. The summed E-state index contributed by atoms with van der Waals surface area (Å²) >= 11 is 0. The molecule has 18 heavy (non-hydrogen) atoms. The molecular formula is C14H18N2O2. The van der Waals surface area contributed by atoms with Crippen molar-refractivity contribution in [3.63, 3.8) is 0 Å². The van der Waals surface area contributed by atoms with E-state index in [0.717, 1.165) is 24.0 Å². The van der Waals surface area contributed by atoms with Gasteiger partial charge in [0, 0.05) is 11.6 Å². The van der Waals surface area contributed by atoms with E-state index < -0.39 is 0 Å². The van der Waals surface area contributed by atoms with Crippen LogP contribution in [0.3, 0.4) is 0 Å². The number of hydrogen-bond donors (Lipinski definition) is 0. The van der Waals surface area contributed by atoms with Crippen LogP contribution in [0.1, 0.15) is 50.2 Å². The Kier molecular flexibility index (Phi) is 5.31. The minimum Gasteiger partial charge on any atom is -0.258 e. The van der Waals surface area contributed by atoms with Crippen molar-refractivity contribution in [3.05, 3.63) is 39.4 Å². The van der Waals surface area contributed by atoms with Gasteiger partial charge >= 0.3 is 0 Å². The van der Waals surface area contributed by atoms with E-state index in [-0.39, 0.29) is 16.5 Å². The van der Waals surface area contributed by atoms with Gasteiger partial charge < -0.3 is 0 Å². The minimum atomic E-state index is -0.349. The molecule has 0 amide bonds. The van der Waals surface area contributed by atoms with Gasteiger partial charge in [0.25, 0.3) is 5.69 Å². The normalized spacial score (nSPS) is 11.8. The Hall–Kier alpha value is -1.89. The lowest BCUT2D eigenvalue weighted by Gasteiger charge is -2.13. The van der Waals surface area contributed by atoms with E-state index in [0.29, 0.717) is 12.8 Å². The Morgan fingerprint density at radius 2 is 2.17 bits per heavy atom. The van der Waals surface area contributed by atoms with E-state index in [4.69, 9.17) is 5.26 Å². The Bertz CT molecular complexity index is 463. The van der Waals surface area contributed by atoms with Crippen molar-refractivity contribution in [2.75, 3.05) is 0 Å². The van der Waals surface area contributed by atoms with Crippen LogP contribution in [0.15, 0.2) is 18.2 Å². The Balaban J connectivity index is 3.27. The molecule has 1 aromatic rings. The second-order valence-electron chi connectivity index (χ2n) is 4.30. The second-order valence-corrected chi connectivity index (χ2v) is 4.30.